The standard InChI is InChI=1S/C11H12F3N5O2/c12-3-11(4-20)1-5(13)7(21-11)6-2-16-9-8(15)17-10(14)18-19(6)9/h2,5,7,20H,1,3-4H2,(H2,15,17,18)/t5-,7-,11-/m1/s1. The summed E-state index contributed by atoms with van der Waals surface area (Å²) in [5, 5.41) is 12.7. The number of anilines is 1. The Kier molecular flexibility index (Phi) is 3.21. The van der Waals surface area contributed by atoms with Gasteiger partial charge >= 0.3 is 6.08 Å². The van der Waals surface area contributed by atoms with E-state index in [-0.39, 0.29) is 23.6 Å². The second kappa shape index (κ2) is 4.81. The van der Waals surface area contributed by atoms with Gasteiger partial charge < -0.3 is 15.6 Å². The second-order valence-electron chi connectivity index (χ2n) is 4.92. The zero-order valence-electron chi connectivity index (χ0n) is 10.7. The Hall–Kier alpha value is -1.94. The molecule has 3 N–H and O–H groups in total. The van der Waals surface area contributed by atoms with E-state index in [0.29, 0.717) is 0 Å². The van der Waals surface area contributed by atoms with Gasteiger partial charge in [0.25, 0.3) is 0 Å². The summed E-state index contributed by atoms with van der Waals surface area (Å²) in [6, 6.07) is 0. The summed E-state index contributed by atoms with van der Waals surface area (Å²) in [5.41, 5.74) is 4.02. The number of aliphatic hydroxyl groups excluding tert-OH is 1. The molecule has 0 saturated carbocycles. The summed E-state index contributed by atoms with van der Waals surface area (Å²) in [6.45, 7) is -1.70. The minimum Gasteiger partial charge on any atom is -0.393 e. The number of ether oxygens (including phenoxy) is 1. The highest BCUT2D eigenvalue weighted by Crippen LogP contribution is 2.41. The molecule has 2 aromatic rings. The number of hydrogen-bond acceptors (Lipinski definition) is 6. The van der Waals surface area contributed by atoms with Gasteiger partial charge in [0.2, 0.25) is 0 Å². The van der Waals surface area contributed by atoms with Gasteiger partial charge in [0.15, 0.2) is 11.5 Å². The van der Waals surface area contributed by atoms with Crippen LogP contribution in [0.3, 0.4) is 0 Å². The summed E-state index contributed by atoms with van der Waals surface area (Å²) < 4.78 is 46.7. The molecule has 0 spiro atoms. The molecular weight excluding hydrogens is 291 g/mol. The number of hydrogen-bond donors (Lipinski definition) is 2. The summed E-state index contributed by atoms with van der Waals surface area (Å²) >= 11 is 0. The Morgan fingerprint density at radius 2 is 2.33 bits per heavy atom. The quantitative estimate of drug-likeness (QED) is 0.848. The molecule has 0 amide bonds. The molecule has 3 heterocycles. The number of aliphatic hydroxyl groups is 1. The van der Waals surface area contributed by atoms with E-state index in [1.54, 1.807) is 0 Å². The number of fused-ring (bicyclic) bond motifs is 1. The first kappa shape index (κ1) is 14.0. The van der Waals surface area contributed by atoms with Crippen LogP contribution in [0.1, 0.15) is 18.2 Å². The van der Waals surface area contributed by atoms with Gasteiger partial charge in [-0.3, -0.25) is 0 Å². The van der Waals surface area contributed by atoms with Gasteiger partial charge in [-0.1, -0.05) is 0 Å². The molecule has 21 heavy (non-hydrogen) atoms. The van der Waals surface area contributed by atoms with Gasteiger partial charge in [0.05, 0.1) is 18.5 Å². The van der Waals surface area contributed by atoms with E-state index < -0.39 is 37.2 Å². The first-order chi connectivity index (χ1) is 9.99. The maximum Gasteiger partial charge on any atom is 0.328 e. The Labute approximate surface area is 116 Å². The number of nitrogens with zero attached hydrogens (tertiary/aromatic N) is 4. The van der Waals surface area contributed by atoms with Crippen molar-refractivity contribution in [3.63, 3.8) is 0 Å². The van der Waals surface area contributed by atoms with Gasteiger partial charge in [0, 0.05) is 6.42 Å². The summed E-state index contributed by atoms with van der Waals surface area (Å²) in [6.07, 6.45) is -3.03. The second-order valence-corrected chi connectivity index (χ2v) is 4.92. The van der Waals surface area contributed by atoms with E-state index in [1.807, 2.05) is 0 Å². The molecule has 0 radical (unpaired) electrons. The molecule has 1 aliphatic heterocycles. The summed E-state index contributed by atoms with van der Waals surface area (Å²) in [7, 11) is 0. The van der Waals surface area contributed by atoms with Crippen molar-refractivity contribution in [1.82, 2.24) is 19.6 Å². The van der Waals surface area contributed by atoms with Crippen LogP contribution in [-0.4, -0.2) is 49.7 Å². The van der Waals surface area contributed by atoms with Crippen molar-refractivity contribution in [3.05, 3.63) is 18.0 Å². The Morgan fingerprint density at radius 1 is 1.57 bits per heavy atom. The lowest BCUT2D eigenvalue weighted by Gasteiger charge is -2.22. The van der Waals surface area contributed by atoms with Crippen LogP contribution in [0.15, 0.2) is 6.20 Å². The molecule has 0 unspecified atom stereocenters. The SMILES string of the molecule is Nc1nc(F)nn2c([C@@H]3O[C@@](CO)(CF)C[C@H]3F)cnc12. The van der Waals surface area contributed by atoms with Crippen molar-refractivity contribution in [3.8, 4) is 0 Å². The van der Waals surface area contributed by atoms with E-state index in [1.165, 1.54) is 6.20 Å². The van der Waals surface area contributed by atoms with Crippen molar-refractivity contribution in [1.29, 1.82) is 0 Å². The number of imidazole rings is 1. The lowest BCUT2D eigenvalue weighted by Crippen LogP contribution is -2.35. The molecule has 1 saturated heterocycles. The van der Waals surface area contributed by atoms with Crippen molar-refractivity contribution >= 4 is 11.5 Å². The molecule has 114 valence electrons. The lowest BCUT2D eigenvalue weighted by atomic mass is 10.0. The molecule has 0 bridgehead atoms. The fourth-order valence-electron chi connectivity index (χ4n) is 2.42. The average molecular weight is 303 g/mol. The maximum atomic E-state index is 14.1. The molecular formula is C11H12F3N5O2. The van der Waals surface area contributed by atoms with E-state index in [9.17, 15) is 18.3 Å². The van der Waals surface area contributed by atoms with Crippen molar-refractivity contribution < 1.29 is 23.0 Å². The van der Waals surface area contributed by atoms with Gasteiger partial charge in [-0.15, -0.1) is 5.10 Å². The fourth-order valence-corrected chi connectivity index (χ4v) is 2.42. The minimum absolute atomic E-state index is 0.0453. The molecule has 2 aromatic heterocycles. The Morgan fingerprint density at radius 3 is 2.95 bits per heavy atom. The highest BCUT2D eigenvalue weighted by Gasteiger charge is 2.48. The predicted molar refractivity (Wildman–Crippen MR) is 64.3 cm³/mol. The summed E-state index contributed by atoms with van der Waals surface area (Å²) in [5.74, 6) is -0.207. The van der Waals surface area contributed by atoms with Crippen LogP contribution in [0, 0.1) is 6.08 Å². The first-order valence-corrected chi connectivity index (χ1v) is 6.15. The van der Waals surface area contributed by atoms with E-state index in [2.05, 4.69) is 15.1 Å². The van der Waals surface area contributed by atoms with Crippen LogP contribution in [0.4, 0.5) is 19.0 Å². The summed E-state index contributed by atoms with van der Waals surface area (Å²) in [4.78, 5) is 7.18. The average Bonchev–Trinajstić information content (AvgIpc) is 3.00. The van der Waals surface area contributed by atoms with Crippen molar-refractivity contribution in [2.75, 3.05) is 19.0 Å². The third kappa shape index (κ3) is 2.10. The molecule has 3 atom stereocenters. The van der Waals surface area contributed by atoms with Gasteiger partial charge in [-0.05, 0) is 0 Å². The van der Waals surface area contributed by atoms with Crippen LogP contribution in [0.2, 0.25) is 0 Å². The number of nitrogens with two attached hydrogens (primary N) is 1. The molecule has 0 aromatic carbocycles. The molecule has 1 fully saturated rings. The van der Waals surface area contributed by atoms with Crippen LogP contribution < -0.4 is 5.73 Å². The zero-order valence-corrected chi connectivity index (χ0v) is 10.7. The number of aromatic nitrogens is 4. The van der Waals surface area contributed by atoms with Gasteiger partial charge in [-0.2, -0.15) is 9.37 Å². The third-order valence-corrected chi connectivity index (χ3v) is 3.48. The van der Waals surface area contributed by atoms with E-state index >= 15 is 0 Å². The first-order valence-electron chi connectivity index (χ1n) is 6.15. The predicted octanol–water partition coefficient (Wildman–Crippen LogP) is 0.346. The smallest absolute Gasteiger partial charge is 0.328 e. The maximum absolute atomic E-state index is 14.1. The zero-order chi connectivity index (χ0) is 15.2. The normalized spacial score (nSPS) is 29.3. The lowest BCUT2D eigenvalue weighted by molar-refractivity contribution is -0.0908. The number of alkyl halides is 2. The molecule has 3 rings (SSSR count). The van der Waals surface area contributed by atoms with Gasteiger partial charge in [0.1, 0.15) is 24.6 Å². The minimum atomic E-state index is -1.61. The highest BCUT2D eigenvalue weighted by atomic mass is 19.1. The van der Waals surface area contributed by atoms with Crippen LogP contribution >= 0.6 is 0 Å². The molecule has 1 aliphatic rings. The molecule has 7 nitrogen and oxygen atoms in total. The van der Waals surface area contributed by atoms with E-state index in [4.69, 9.17) is 10.5 Å². The number of halogens is 3. The fraction of sp³-hybridized carbons (Fsp3) is 0.545. The highest BCUT2D eigenvalue weighted by molar-refractivity contribution is 5.59. The van der Waals surface area contributed by atoms with Crippen LogP contribution in [0.25, 0.3) is 5.65 Å². The van der Waals surface area contributed by atoms with Crippen LogP contribution in [-0.2, 0) is 4.74 Å². The number of rotatable bonds is 3. The third-order valence-electron chi connectivity index (χ3n) is 3.48. The van der Waals surface area contributed by atoms with Crippen molar-refractivity contribution in [2.24, 2.45) is 0 Å². The molecule has 0 aliphatic carbocycles. The largest absolute Gasteiger partial charge is 0.393 e. The Balaban J connectivity index is 2.05. The monoisotopic (exact) mass is 303 g/mol. The van der Waals surface area contributed by atoms with Crippen molar-refractivity contribution in [2.45, 2.75) is 24.3 Å². The molecule has 10 heteroatoms. The topological polar surface area (TPSA) is 98.6 Å². The Bertz CT molecular complexity index is 675. The van der Waals surface area contributed by atoms with E-state index in [0.717, 1.165) is 4.52 Å². The van der Waals surface area contributed by atoms with Gasteiger partial charge in [-0.25, -0.2) is 18.3 Å². The van der Waals surface area contributed by atoms with Crippen LogP contribution in [0.5, 0.6) is 0 Å². The number of nitrogen functional groups attached to an aromatic ring is 1.